The van der Waals surface area contributed by atoms with Crippen molar-refractivity contribution in [2.24, 2.45) is 0 Å². The van der Waals surface area contributed by atoms with Crippen LogP contribution in [-0.4, -0.2) is 37.2 Å². The average Bonchev–Trinajstić information content (AvgIpc) is 3.26. The van der Waals surface area contributed by atoms with Gasteiger partial charge in [-0.15, -0.1) is 0 Å². The number of esters is 3. The first-order valence-electron chi connectivity index (χ1n) is 25.8. The minimum absolute atomic E-state index is 0.0910. The Kier molecular flexibility index (Phi) is 47.4. The van der Waals surface area contributed by atoms with Gasteiger partial charge in [0.2, 0.25) is 0 Å². The summed E-state index contributed by atoms with van der Waals surface area (Å²) in [5.74, 6) is -0.942. The highest BCUT2D eigenvalue weighted by molar-refractivity contribution is 5.71. The lowest BCUT2D eigenvalue weighted by atomic mass is 10.0. The third kappa shape index (κ3) is 48.0. The number of ether oxygens (including phenoxy) is 3. The largest absolute Gasteiger partial charge is 0.462 e. The van der Waals surface area contributed by atoms with Crippen LogP contribution in [0.15, 0.2) is 60.8 Å². The topological polar surface area (TPSA) is 78.9 Å². The van der Waals surface area contributed by atoms with Crippen LogP contribution in [0, 0.1) is 0 Å². The zero-order chi connectivity index (χ0) is 44.4. The van der Waals surface area contributed by atoms with Gasteiger partial charge < -0.3 is 14.2 Å². The molecule has 352 valence electrons. The van der Waals surface area contributed by atoms with E-state index >= 15 is 0 Å². The number of carbonyl (C=O) groups is 3. The van der Waals surface area contributed by atoms with Gasteiger partial charge in [0.15, 0.2) is 6.10 Å². The molecule has 0 aromatic rings. The molecule has 0 spiro atoms. The van der Waals surface area contributed by atoms with Crippen LogP contribution in [0.25, 0.3) is 0 Å². The Bertz CT molecular complexity index is 1120. The fourth-order valence-corrected chi connectivity index (χ4v) is 7.21. The van der Waals surface area contributed by atoms with Crippen molar-refractivity contribution < 1.29 is 28.6 Å². The zero-order valence-electron chi connectivity index (χ0n) is 40.2. The first-order valence-corrected chi connectivity index (χ1v) is 25.8. The van der Waals surface area contributed by atoms with Crippen molar-refractivity contribution in [1.82, 2.24) is 0 Å². The predicted molar refractivity (Wildman–Crippen MR) is 261 cm³/mol. The maximum Gasteiger partial charge on any atom is 0.306 e. The van der Waals surface area contributed by atoms with E-state index in [0.29, 0.717) is 19.3 Å². The Hall–Kier alpha value is -2.89. The molecule has 0 fully saturated rings. The second kappa shape index (κ2) is 49.8. The van der Waals surface area contributed by atoms with E-state index < -0.39 is 6.10 Å². The standard InChI is InChI=1S/C55H96O6/c1-4-7-10-13-16-19-22-25-27-28-31-33-36-39-42-45-48-54(57)60-51-52(50-59-53(56)47-44-41-38-35-32-29-24-21-18-15-12-9-6-3)61-55(58)49-46-43-40-37-34-30-26-23-20-17-14-11-8-5-2/h9,12,15,18,21,24,29-30,32,34,52H,4-8,10-11,13-14,16-17,19-20,22-23,25-28,31,33,35-51H2,1-3H3/b12-9-,18-15-,24-21-,32-29-,34-30-. The molecule has 0 amide bonds. The van der Waals surface area contributed by atoms with Crippen LogP contribution in [-0.2, 0) is 28.6 Å². The van der Waals surface area contributed by atoms with Crippen LogP contribution in [0.3, 0.4) is 0 Å². The van der Waals surface area contributed by atoms with Crippen LogP contribution in [0.2, 0.25) is 0 Å². The highest BCUT2D eigenvalue weighted by Gasteiger charge is 2.19. The first kappa shape index (κ1) is 58.1. The Morgan fingerprint density at radius 3 is 1.07 bits per heavy atom. The summed E-state index contributed by atoms with van der Waals surface area (Å²) in [5, 5.41) is 0. The molecule has 61 heavy (non-hydrogen) atoms. The zero-order valence-corrected chi connectivity index (χ0v) is 40.2. The van der Waals surface area contributed by atoms with Gasteiger partial charge in [0.25, 0.3) is 0 Å². The van der Waals surface area contributed by atoms with E-state index in [1.165, 1.54) is 128 Å². The molecule has 0 saturated carbocycles. The lowest BCUT2D eigenvalue weighted by molar-refractivity contribution is -0.167. The molecule has 6 nitrogen and oxygen atoms in total. The summed E-state index contributed by atoms with van der Waals surface area (Å²) in [6.07, 6.45) is 60.6. The maximum atomic E-state index is 12.8. The van der Waals surface area contributed by atoms with Gasteiger partial charge in [-0.05, 0) is 64.2 Å². The quantitative estimate of drug-likeness (QED) is 0.0200. The molecule has 0 radical (unpaired) electrons. The molecule has 1 atom stereocenters. The van der Waals surface area contributed by atoms with Gasteiger partial charge in [0, 0.05) is 19.3 Å². The maximum absolute atomic E-state index is 12.8. The van der Waals surface area contributed by atoms with Crippen LogP contribution in [0.1, 0.15) is 252 Å². The number of hydrogen-bond acceptors (Lipinski definition) is 6. The third-order valence-corrected chi connectivity index (χ3v) is 11.1. The molecule has 0 aliphatic rings. The molecular formula is C55H96O6. The van der Waals surface area contributed by atoms with Crippen molar-refractivity contribution in [3.05, 3.63) is 60.8 Å². The molecule has 0 saturated heterocycles. The van der Waals surface area contributed by atoms with Crippen molar-refractivity contribution in [2.45, 2.75) is 258 Å². The summed E-state index contributed by atoms with van der Waals surface area (Å²) in [4.78, 5) is 37.9. The average molecular weight is 853 g/mol. The van der Waals surface area contributed by atoms with Gasteiger partial charge in [-0.25, -0.2) is 0 Å². The summed E-state index contributed by atoms with van der Waals surface area (Å²) < 4.78 is 16.7. The Labute approximate surface area is 377 Å². The number of unbranched alkanes of at least 4 members (excludes halogenated alkanes) is 28. The molecule has 1 unspecified atom stereocenters. The van der Waals surface area contributed by atoms with Crippen LogP contribution in [0.5, 0.6) is 0 Å². The van der Waals surface area contributed by atoms with E-state index in [9.17, 15) is 14.4 Å². The fraction of sp³-hybridized carbons (Fsp3) is 0.764. The van der Waals surface area contributed by atoms with E-state index in [0.717, 1.165) is 83.5 Å². The second-order valence-electron chi connectivity index (χ2n) is 17.1. The molecule has 0 aromatic carbocycles. The molecule has 0 aromatic heterocycles. The van der Waals surface area contributed by atoms with E-state index in [4.69, 9.17) is 14.2 Å². The number of hydrogen-bond donors (Lipinski definition) is 0. The van der Waals surface area contributed by atoms with Crippen LogP contribution in [0.4, 0.5) is 0 Å². The monoisotopic (exact) mass is 853 g/mol. The number of allylic oxidation sites excluding steroid dienone is 10. The highest BCUT2D eigenvalue weighted by Crippen LogP contribution is 2.15. The molecule has 0 N–H and O–H groups in total. The summed E-state index contributed by atoms with van der Waals surface area (Å²) in [5.41, 5.74) is 0. The lowest BCUT2D eigenvalue weighted by Gasteiger charge is -2.18. The summed E-state index contributed by atoms with van der Waals surface area (Å²) in [6.45, 7) is 6.46. The van der Waals surface area contributed by atoms with Gasteiger partial charge in [-0.1, -0.05) is 229 Å². The minimum Gasteiger partial charge on any atom is -0.462 e. The molecule has 6 heteroatoms. The summed E-state index contributed by atoms with van der Waals surface area (Å²) in [6, 6.07) is 0. The minimum atomic E-state index is -0.795. The predicted octanol–water partition coefficient (Wildman–Crippen LogP) is 16.9. The van der Waals surface area contributed by atoms with E-state index in [-0.39, 0.29) is 31.1 Å². The second-order valence-corrected chi connectivity index (χ2v) is 17.1. The third-order valence-electron chi connectivity index (χ3n) is 11.1. The molecular weight excluding hydrogens is 757 g/mol. The van der Waals surface area contributed by atoms with Gasteiger partial charge in [-0.3, -0.25) is 14.4 Å². The smallest absolute Gasteiger partial charge is 0.306 e. The molecule has 0 rings (SSSR count). The van der Waals surface area contributed by atoms with E-state index in [2.05, 4.69) is 45.1 Å². The molecule has 0 aliphatic heterocycles. The number of rotatable bonds is 46. The first-order chi connectivity index (χ1) is 30.0. The van der Waals surface area contributed by atoms with Gasteiger partial charge >= 0.3 is 17.9 Å². The summed E-state index contributed by atoms with van der Waals surface area (Å²) in [7, 11) is 0. The van der Waals surface area contributed by atoms with Crippen molar-refractivity contribution in [1.29, 1.82) is 0 Å². The van der Waals surface area contributed by atoms with Gasteiger partial charge in [0.05, 0.1) is 0 Å². The fourth-order valence-electron chi connectivity index (χ4n) is 7.21. The molecule has 0 aliphatic carbocycles. The Balaban J connectivity index is 4.42. The molecule has 0 bridgehead atoms. The van der Waals surface area contributed by atoms with Crippen LogP contribution >= 0.6 is 0 Å². The normalized spacial score (nSPS) is 12.5. The SMILES string of the molecule is CC\C=C/C=C\C=C/C=C\CCCCCC(=O)OCC(COC(=O)CCCCCCCCCCCCCCCCCC)OC(=O)CCCCC/C=C\CCCCCCCCC. The van der Waals surface area contributed by atoms with Crippen molar-refractivity contribution in [2.75, 3.05) is 13.2 Å². The summed E-state index contributed by atoms with van der Waals surface area (Å²) >= 11 is 0. The van der Waals surface area contributed by atoms with Crippen LogP contribution < -0.4 is 0 Å². The number of carbonyl (C=O) groups excluding carboxylic acids is 3. The van der Waals surface area contributed by atoms with Crippen molar-refractivity contribution >= 4 is 17.9 Å². The van der Waals surface area contributed by atoms with Crippen molar-refractivity contribution in [3.8, 4) is 0 Å². The Morgan fingerprint density at radius 2 is 0.656 bits per heavy atom. The van der Waals surface area contributed by atoms with Gasteiger partial charge in [0.1, 0.15) is 13.2 Å². The van der Waals surface area contributed by atoms with Gasteiger partial charge in [-0.2, -0.15) is 0 Å². The highest BCUT2D eigenvalue weighted by atomic mass is 16.6. The Morgan fingerprint density at radius 1 is 0.344 bits per heavy atom. The van der Waals surface area contributed by atoms with E-state index in [1.54, 1.807) is 0 Å². The molecule has 0 heterocycles. The lowest BCUT2D eigenvalue weighted by Crippen LogP contribution is -2.30. The van der Waals surface area contributed by atoms with Crippen molar-refractivity contribution in [3.63, 3.8) is 0 Å². The van der Waals surface area contributed by atoms with E-state index in [1.807, 2.05) is 36.5 Å².